The molecule has 0 aliphatic carbocycles. The van der Waals surface area contributed by atoms with Crippen molar-refractivity contribution in [2.24, 2.45) is 5.18 Å². The number of nitroso groups, excluding NO2 is 1. The smallest absolute Gasteiger partial charge is 0.132 e. The van der Waals surface area contributed by atoms with Crippen molar-refractivity contribution >= 4 is 5.69 Å². The van der Waals surface area contributed by atoms with Gasteiger partial charge in [-0.3, -0.25) is 0 Å². The van der Waals surface area contributed by atoms with Gasteiger partial charge in [0.15, 0.2) is 0 Å². The van der Waals surface area contributed by atoms with E-state index in [1.165, 1.54) is 24.5 Å². The summed E-state index contributed by atoms with van der Waals surface area (Å²) in [5, 5.41) is 2.83. The van der Waals surface area contributed by atoms with Crippen LogP contribution in [0.1, 0.15) is 5.69 Å². The van der Waals surface area contributed by atoms with E-state index in [2.05, 4.69) is 10.2 Å². The molecule has 0 aliphatic heterocycles. The molecule has 0 amide bonds. The number of nitrogens with zero attached hydrogens (tertiary/aromatic N) is 3. The Hall–Kier alpha value is -2.04. The molecule has 0 spiro atoms. The molecule has 76 valence electrons. The van der Waals surface area contributed by atoms with Crippen LogP contribution in [0.25, 0.3) is 5.69 Å². The maximum atomic E-state index is 13.0. The van der Waals surface area contributed by atoms with Crippen molar-refractivity contribution in [1.29, 1.82) is 0 Å². The Bertz CT molecular complexity index is 507. The van der Waals surface area contributed by atoms with Crippen molar-refractivity contribution in [2.45, 2.75) is 6.92 Å². The van der Waals surface area contributed by atoms with Gasteiger partial charge in [-0.05, 0) is 24.2 Å². The molecule has 0 fully saturated rings. The van der Waals surface area contributed by atoms with E-state index in [0.29, 0.717) is 5.69 Å². The highest BCUT2D eigenvalue weighted by molar-refractivity contribution is 5.56. The molecule has 1 aromatic carbocycles. The molecule has 15 heavy (non-hydrogen) atoms. The summed E-state index contributed by atoms with van der Waals surface area (Å²) in [4.78, 5) is 14.5. The lowest BCUT2D eigenvalue weighted by Gasteiger charge is -2.03. The maximum Gasteiger partial charge on any atom is 0.132 e. The third-order valence-corrected chi connectivity index (χ3v) is 2.03. The summed E-state index contributed by atoms with van der Waals surface area (Å²) < 4.78 is 14.6. The van der Waals surface area contributed by atoms with Gasteiger partial charge in [-0.1, -0.05) is 0 Å². The highest BCUT2D eigenvalue weighted by atomic mass is 19.1. The molecule has 1 heterocycles. The first-order valence-electron chi connectivity index (χ1n) is 4.34. The second-order valence-electron chi connectivity index (χ2n) is 3.15. The third kappa shape index (κ3) is 1.76. The largest absolute Gasteiger partial charge is 0.304 e. The number of rotatable bonds is 2. The van der Waals surface area contributed by atoms with Gasteiger partial charge < -0.3 is 4.57 Å². The standard InChI is InChI=1S/C10H8FN3O/c1-7-5-14(6-12-7)10-4-8(11)2-3-9(10)13-15/h2-6H,1H3. The Morgan fingerprint density at radius 2 is 2.27 bits per heavy atom. The van der Waals surface area contributed by atoms with Gasteiger partial charge in [0.2, 0.25) is 0 Å². The minimum Gasteiger partial charge on any atom is -0.304 e. The van der Waals surface area contributed by atoms with Gasteiger partial charge in [-0.15, -0.1) is 4.91 Å². The molecule has 0 unspecified atom stereocenters. The zero-order valence-corrected chi connectivity index (χ0v) is 8.01. The van der Waals surface area contributed by atoms with Crippen molar-refractivity contribution in [3.63, 3.8) is 0 Å². The van der Waals surface area contributed by atoms with Crippen LogP contribution in [0.4, 0.5) is 10.1 Å². The molecule has 0 saturated heterocycles. The van der Waals surface area contributed by atoms with E-state index in [1.807, 2.05) is 6.92 Å². The molecular formula is C10H8FN3O. The normalized spacial score (nSPS) is 10.3. The molecule has 0 atom stereocenters. The van der Waals surface area contributed by atoms with Crippen LogP contribution in [0, 0.1) is 17.6 Å². The van der Waals surface area contributed by atoms with Crippen LogP contribution in [0.15, 0.2) is 35.9 Å². The summed E-state index contributed by atoms with van der Waals surface area (Å²) in [6, 6.07) is 3.79. The zero-order valence-electron chi connectivity index (χ0n) is 8.01. The predicted molar refractivity (Wildman–Crippen MR) is 53.7 cm³/mol. The SMILES string of the molecule is Cc1cn(-c2cc(F)ccc2N=O)cn1. The molecule has 0 aliphatic rings. The molecule has 0 saturated carbocycles. The second kappa shape index (κ2) is 3.61. The van der Waals surface area contributed by atoms with Crippen LogP contribution in [-0.4, -0.2) is 9.55 Å². The van der Waals surface area contributed by atoms with Crippen molar-refractivity contribution in [3.8, 4) is 5.69 Å². The Morgan fingerprint density at radius 3 is 2.87 bits per heavy atom. The van der Waals surface area contributed by atoms with Crippen molar-refractivity contribution in [1.82, 2.24) is 9.55 Å². The molecule has 0 N–H and O–H groups in total. The first-order valence-corrected chi connectivity index (χ1v) is 4.34. The van der Waals surface area contributed by atoms with Crippen LogP contribution in [0.5, 0.6) is 0 Å². The van der Waals surface area contributed by atoms with E-state index in [9.17, 15) is 9.30 Å². The van der Waals surface area contributed by atoms with Crippen LogP contribution in [0.3, 0.4) is 0 Å². The number of benzene rings is 1. The van der Waals surface area contributed by atoms with E-state index in [1.54, 1.807) is 10.8 Å². The van der Waals surface area contributed by atoms with Gasteiger partial charge in [0, 0.05) is 12.3 Å². The van der Waals surface area contributed by atoms with Crippen LogP contribution in [-0.2, 0) is 0 Å². The van der Waals surface area contributed by atoms with Gasteiger partial charge in [0.1, 0.15) is 11.5 Å². The van der Waals surface area contributed by atoms with Crippen molar-refractivity contribution < 1.29 is 4.39 Å². The highest BCUT2D eigenvalue weighted by Crippen LogP contribution is 2.24. The van der Waals surface area contributed by atoms with Gasteiger partial charge in [0.25, 0.3) is 0 Å². The Kier molecular flexibility index (Phi) is 2.29. The second-order valence-corrected chi connectivity index (χ2v) is 3.15. The number of hydrogen-bond donors (Lipinski definition) is 0. The van der Waals surface area contributed by atoms with Crippen LogP contribution < -0.4 is 0 Å². The average Bonchev–Trinajstić information content (AvgIpc) is 2.65. The molecular weight excluding hydrogens is 197 g/mol. The summed E-state index contributed by atoms with van der Waals surface area (Å²) in [5.41, 5.74) is 1.37. The lowest BCUT2D eigenvalue weighted by atomic mass is 10.2. The van der Waals surface area contributed by atoms with Gasteiger partial charge in [0.05, 0.1) is 17.7 Å². The minimum atomic E-state index is -0.413. The van der Waals surface area contributed by atoms with Gasteiger partial charge in [-0.2, -0.15) is 0 Å². The van der Waals surface area contributed by atoms with E-state index in [0.717, 1.165) is 5.69 Å². The summed E-state index contributed by atoms with van der Waals surface area (Å²) in [5.74, 6) is -0.413. The molecule has 0 bridgehead atoms. The number of aryl methyl sites for hydroxylation is 1. The summed E-state index contributed by atoms with van der Waals surface area (Å²) in [7, 11) is 0. The topological polar surface area (TPSA) is 47.2 Å². The van der Waals surface area contributed by atoms with E-state index >= 15 is 0 Å². The van der Waals surface area contributed by atoms with Crippen molar-refractivity contribution in [3.05, 3.63) is 47.1 Å². The average molecular weight is 205 g/mol. The zero-order chi connectivity index (χ0) is 10.8. The number of halogens is 1. The van der Waals surface area contributed by atoms with E-state index in [4.69, 9.17) is 0 Å². The maximum absolute atomic E-state index is 13.0. The quantitative estimate of drug-likeness (QED) is 0.707. The Morgan fingerprint density at radius 1 is 1.47 bits per heavy atom. The predicted octanol–water partition coefficient (Wildman–Crippen LogP) is 2.72. The molecule has 2 rings (SSSR count). The summed E-state index contributed by atoms with van der Waals surface area (Å²) in [6.45, 7) is 1.81. The first kappa shape index (κ1) is 9.51. The van der Waals surface area contributed by atoms with Gasteiger partial charge >= 0.3 is 0 Å². The van der Waals surface area contributed by atoms with Crippen molar-refractivity contribution in [2.75, 3.05) is 0 Å². The van der Waals surface area contributed by atoms with Crippen LogP contribution >= 0.6 is 0 Å². The molecule has 0 radical (unpaired) electrons. The lowest BCUT2D eigenvalue weighted by Crippen LogP contribution is -1.91. The van der Waals surface area contributed by atoms with E-state index < -0.39 is 5.82 Å². The number of imidazole rings is 1. The minimum absolute atomic E-state index is 0.189. The lowest BCUT2D eigenvalue weighted by molar-refractivity contribution is 0.626. The fourth-order valence-electron chi connectivity index (χ4n) is 1.33. The first-order chi connectivity index (χ1) is 7.20. The highest BCUT2D eigenvalue weighted by Gasteiger charge is 2.06. The summed E-state index contributed by atoms with van der Waals surface area (Å²) in [6.07, 6.45) is 3.21. The van der Waals surface area contributed by atoms with E-state index in [-0.39, 0.29) is 5.69 Å². The molecule has 4 nitrogen and oxygen atoms in total. The molecule has 5 heteroatoms. The third-order valence-electron chi connectivity index (χ3n) is 2.03. The van der Waals surface area contributed by atoms with Crippen LogP contribution in [0.2, 0.25) is 0 Å². The Labute approximate surface area is 85.4 Å². The number of hydrogen-bond acceptors (Lipinski definition) is 3. The fourth-order valence-corrected chi connectivity index (χ4v) is 1.33. The Balaban J connectivity index is 2.59. The van der Waals surface area contributed by atoms with Gasteiger partial charge in [-0.25, -0.2) is 9.37 Å². The molecule has 2 aromatic rings. The molecule has 1 aromatic heterocycles. The number of aromatic nitrogens is 2. The summed E-state index contributed by atoms with van der Waals surface area (Å²) >= 11 is 0. The monoisotopic (exact) mass is 205 g/mol. The fraction of sp³-hybridized carbons (Fsp3) is 0.100.